The van der Waals surface area contributed by atoms with E-state index in [1.165, 1.54) is 5.56 Å². The van der Waals surface area contributed by atoms with Gasteiger partial charge in [0.1, 0.15) is 0 Å². The Labute approximate surface area is 153 Å². The van der Waals surface area contributed by atoms with Crippen molar-refractivity contribution in [1.82, 2.24) is 14.9 Å². The van der Waals surface area contributed by atoms with Gasteiger partial charge in [-0.1, -0.05) is 36.4 Å². The van der Waals surface area contributed by atoms with Crippen LogP contribution >= 0.6 is 0 Å². The molecule has 0 fully saturated rings. The molecule has 0 aliphatic rings. The predicted octanol–water partition coefficient (Wildman–Crippen LogP) is 2.52. The zero-order chi connectivity index (χ0) is 18.4. The summed E-state index contributed by atoms with van der Waals surface area (Å²) in [6.45, 7) is 3.93. The van der Waals surface area contributed by atoms with Crippen LogP contribution in [-0.2, 0) is 17.8 Å². The van der Waals surface area contributed by atoms with E-state index < -0.39 is 0 Å². The zero-order valence-electron chi connectivity index (χ0n) is 15.2. The molecule has 3 rings (SSSR count). The molecule has 3 aromatic rings. The first kappa shape index (κ1) is 17.9. The molecule has 6 heteroatoms. The largest absolute Gasteiger partial charge is 0.383 e. The highest BCUT2D eigenvalue weighted by Crippen LogP contribution is 2.14. The third-order valence-electron chi connectivity index (χ3n) is 4.15. The van der Waals surface area contributed by atoms with E-state index in [-0.39, 0.29) is 6.04 Å². The van der Waals surface area contributed by atoms with E-state index in [2.05, 4.69) is 50.2 Å². The number of nitrogens with one attached hydrogen (secondary N) is 1. The highest BCUT2D eigenvalue weighted by molar-refractivity contribution is 5.78. The molecule has 26 heavy (non-hydrogen) atoms. The monoisotopic (exact) mass is 351 g/mol. The Morgan fingerprint density at radius 1 is 1.19 bits per heavy atom. The summed E-state index contributed by atoms with van der Waals surface area (Å²) in [5.41, 5.74) is 10.4. The molecular formula is C20H25N5O. The van der Waals surface area contributed by atoms with E-state index in [9.17, 15) is 0 Å². The van der Waals surface area contributed by atoms with Crippen LogP contribution in [-0.4, -0.2) is 35.3 Å². The number of hydrogen-bond acceptors (Lipinski definition) is 3. The molecular weight excluding hydrogens is 326 g/mol. The fourth-order valence-electron chi connectivity index (χ4n) is 2.85. The van der Waals surface area contributed by atoms with E-state index in [0.717, 1.165) is 23.1 Å². The first-order valence-corrected chi connectivity index (χ1v) is 8.69. The number of nitrogens with zero attached hydrogens (tertiary/aromatic N) is 3. The van der Waals surface area contributed by atoms with Gasteiger partial charge in [-0.05, 0) is 30.2 Å². The summed E-state index contributed by atoms with van der Waals surface area (Å²) >= 11 is 0. The fourth-order valence-corrected chi connectivity index (χ4v) is 2.85. The van der Waals surface area contributed by atoms with Crippen LogP contribution in [0, 0.1) is 0 Å². The van der Waals surface area contributed by atoms with Gasteiger partial charge in [0.15, 0.2) is 5.96 Å². The van der Waals surface area contributed by atoms with Crippen LogP contribution < -0.4 is 11.1 Å². The van der Waals surface area contributed by atoms with Gasteiger partial charge in [-0.15, -0.1) is 0 Å². The van der Waals surface area contributed by atoms with Crippen molar-refractivity contribution in [3.05, 3.63) is 66.0 Å². The van der Waals surface area contributed by atoms with Crippen LogP contribution in [0.2, 0.25) is 0 Å². The topological polar surface area (TPSA) is 77.5 Å². The summed E-state index contributed by atoms with van der Waals surface area (Å²) in [5.74, 6) is 0.434. The number of fused-ring (bicyclic) bond motifs is 1. The maximum absolute atomic E-state index is 5.90. The Balaban J connectivity index is 1.60. The average molecular weight is 351 g/mol. The lowest BCUT2D eigenvalue weighted by Crippen LogP contribution is -2.40. The van der Waals surface area contributed by atoms with Crippen molar-refractivity contribution in [2.45, 2.75) is 26.1 Å². The number of aromatic nitrogens is 2. The Kier molecular flexibility index (Phi) is 5.86. The van der Waals surface area contributed by atoms with Crippen molar-refractivity contribution in [2.24, 2.45) is 10.7 Å². The summed E-state index contributed by atoms with van der Waals surface area (Å²) in [4.78, 5) is 8.81. The quantitative estimate of drug-likeness (QED) is 0.506. The summed E-state index contributed by atoms with van der Waals surface area (Å²) in [6, 6.07) is 16.7. The molecule has 0 saturated carbocycles. The number of ether oxygens (including phenoxy) is 1. The number of imidazole rings is 1. The van der Waals surface area contributed by atoms with Gasteiger partial charge in [-0.25, -0.2) is 9.98 Å². The number of para-hydroxylation sites is 2. The molecule has 0 spiro atoms. The number of methoxy groups -OCH3 is 1. The van der Waals surface area contributed by atoms with Gasteiger partial charge < -0.3 is 20.4 Å². The minimum absolute atomic E-state index is 0.135. The predicted molar refractivity (Wildman–Crippen MR) is 105 cm³/mol. The van der Waals surface area contributed by atoms with Gasteiger partial charge in [0.2, 0.25) is 0 Å². The van der Waals surface area contributed by atoms with E-state index in [1.54, 1.807) is 7.11 Å². The number of nitrogens with two attached hydrogens (primary N) is 1. The Bertz CT molecular complexity index is 869. The van der Waals surface area contributed by atoms with Gasteiger partial charge in [0.25, 0.3) is 0 Å². The van der Waals surface area contributed by atoms with Gasteiger partial charge in [0.05, 0.1) is 30.5 Å². The van der Waals surface area contributed by atoms with Crippen LogP contribution in [0.3, 0.4) is 0 Å². The minimum atomic E-state index is 0.135. The molecule has 0 saturated heterocycles. The van der Waals surface area contributed by atoms with Crippen LogP contribution in [0.1, 0.15) is 18.1 Å². The molecule has 1 heterocycles. The smallest absolute Gasteiger partial charge is 0.189 e. The number of rotatable bonds is 7. The maximum Gasteiger partial charge on any atom is 0.189 e. The van der Waals surface area contributed by atoms with Crippen molar-refractivity contribution >= 4 is 17.0 Å². The lowest BCUT2D eigenvalue weighted by molar-refractivity contribution is 0.179. The minimum Gasteiger partial charge on any atom is -0.383 e. The molecule has 1 aromatic heterocycles. The molecule has 0 bridgehead atoms. The molecule has 3 N–H and O–H groups in total. The molecule has 6 nitrogen and oxygen atoms in total. The summed E-state index contributed by atoms with van der Waals surface area (Å²) in [7, 11) is 1.67. The van der Waals surface area contributed by atoms with Crippen molar-refractivity contribution in [3.63, 3.8) is 0 Å². The Hall–Kier alpha value is -2.86. The van der Waals surface area contributed by atoms with Crippen LogP contribution in [0.4, 0.5) is 0 Å². The molecule has 0 aliphatic carbocycles. The summed E-state index contributed by atoms with van der Waals surface area (Å²) in [6.07, 6.45) is 1.89. The van der Waals surface area contributed by atoms with Crippen molar-refractivity contribution in [2.75, 3.05) is 13.7 Å². The van der Waals surface area contributed by atoms with Gasteiger partial charge >= 0.3 is 0 Å². The molecule has 0 radical (unpaired) electrons. The van der Waals surface area contributed by atoms with E-state index in [1.807, 2.05) is 31.5 Å². The Morgan fingerprint density at radius 2 is 1.92 bits per heavy atom. The lowest BCUT2D eigenvalue weighted by Gasteiger charge is -2.13. The molecule has 136 valence electrons. The summed E-state index contributed by atoms with van der Waals surface area (Å²) in [5, 5.41) is 3.10. The number of aliphatic imine (C=N–C) groups is 1. The molecule has 2 aromatic carbocycles. The van der Waals surface area contributed by atoms with E-state index >= 15 is 0 Å². The summed E-state index contributed by atoms with van der Waals surface area (Å²) < 4.78 is 7.23. The number of benzene rings is 2. The van der Waals surface area contributed by atoms with E-state index in [4.69, 9.17) is 10.5 Å². The second-order valence-electron chi connectivity index (χ2n) is 6.38. The molecule has 1 atom stereocenters. The Morgan fingerprint density at radius 3 is 2.69 bits per heavy atom. The third kappa shape index (κ3) is 4.61. The molecule has 1 unspecified atom stereocenters. The second kappa shape index (κ2) is 8.49. The normalized spacial score (nSPS) is 13.1. The number of hydrogen-bond donors (Lipinski definition) is 2. The SMILES string of the molecule is COCC(C)NC(N)=NCc1ccc(Cn2cnc3ccccc32)cc1. The lowest BCUT2D eigenvalue weighted by atomic mass is 10.1. The molecule has 0 aliphatic heterocycles. The van der Waals surface area contributed by atoms with Gasteiger partial charge in [-0.3, -0.25) is 0 Å². The maximum atomic E-state index is 5.90. The fraction of sp³-hybridized carbons (Fsp3) is 0.300. The zero-order valence-corrected chi connectivity index (χ0v) is 15.2. The third-order valence-corrected chi connectivity index (χ3v) is 4.15. The van der Waals surface area contributed by atoms with E-state index in [0.29, 0.717) is 19.1 Å². The molecule has 0 amide bonds. The van der Waals surface area contributed by atoms with Crippen molar-refractivity contribution < 1.29 is 4.74 Å². The van der Waals surface area contributed by atoms with Crippen molar-refractivity contribution in [3.8, 4) is 0 Å². The highest BCUT2D eigenvalue weighted by atomic mass is 16.5. The van der Waals surface area contributed by atoms with Gasteiger partial charge in [-0.2, -0.15) is 0 Å². The average Bonchev–Trinajstić information content (AvgIpc) is 3.04. The van der Waals surface area contributed by atoms with Crippen LogP contribution in [0.5, 0.6) is 0 Å². The van der Waals surface area contributed by atoms with Crippen molar-refractivity contribution in [1.29, 1.82) is 0 Å². The van der Waals surface area contributed by atoms with Gasteiger partial charge in [0, 0.05) is 19.7 Å². The second-order valence-corrected chi connectivity index (χ2v) is 6.38. The first-order chi connectivity index (χ1) is 12.7. The van der Waals surface area contributed by atoms with Crippen LogP contribution in [0.15, 0.2) is 59.9 Å². The standard InChI is InChI=1S/C20H25N5O/c1-15(13-26-2)24-20(21)22-11-16-7-9-17(10-8-16)12-25-14-23-18-5-3-4-6-19(18)25/h3-10,14-15H,11-13H2,1-2H3,(H3,21,22,24). The van der Waals surface area contributed by atoms with Crippen LogP contribution in [0.25, 0.3) is 11.0 Å². The highest BCUT2D eigenvalue weighted by Gasteiger charge is 2.03. The number of guanidine groups is 1. The first-order valence-electron chi connectivity index (χ1n) is 8.69.